The first kappa shape index (κ1) is 118. The highest BCUT2D eigenvalue weighted by Gasteiger charge is 2.37. The second kappa shape index (κ2) is 76.7. The van der Waals surface area contributed by atoms with E-state index < -0.39 is 29.3 Å². The van der Waals surface area contributed by atoms with Gasteiger partial charge in [-0.05, 0) is 198 Å². The van der Waals surface area contributed by atoms with E-state index in [1.807, 2.05) is 0 Å². The molecule has 0 saturated carbocycles. The average Bonchev–Trinajstić information content (AvgIpc) is 0.892. The summed E-state index contributed by atoms with van der Waals surface area (Å²) in [4.78, 5) is 24.5. The van der Waals surface area contributed by atoms with Gasteiger partial charge < -0.3 is 18.9 Å². The molecule has 0 aromatic heterocycles. The van der Waals surface area contributed by atoms with Gasteiger partial charge in [0.15, 0.2) is 12.4 Å². The van der Waals surface area contributed by atoms with Crippen LogP contribution in [0.25, 0.3) is 0 Å². The first-order chi connectivity index (χ1) is 51.3. The summed E-state index contributed by atoms with van der Waals surface area (Å²) >= 11 is 0. The molecule has 1 N–H and O–H groups in total. The van der Waals surface area contributed by atoms with Crippen LogP contribution in [-0.4, -0.2) is 73.9 Å². The highest BCUT2D eigenvalue weighted by Crippen LogP contribution is 2.63. The number of unbranched alkanes of at least 4 members (excludes halogenated alkanes) is 40. The van der Waals surface area contributed by atoms with E-state index in [1.54, 1.807) is 106 Å². The Morgan fingerprint density at radius 2 is 0.376 bits per heavy atom. The van der Waals surface area contributed by atoms with Gasteiger partial charge in [0.2, 0.25) is 0 Å². The van der Waals surface area contributed by atoms with Crippen LogP contribution in [0.5, 0.6) is 0 Å². The van der Waals surface area contributed by atoms with Crippen molar-refractivity contribution in [1.29, 1.82) is 10.5 Å². The third-order valence-corrected chi connectivity index (χ3v) is 37.0. The van der Waals surface area contributed by atoms with Crippen molar-refractivity contribution < 1.29 is 18.9 Å². The van der Waals surface area contributed by atoms with E-state index >= 15 is 0 Å². The number of nitrogens with one attached hydrogen (secondary N) is 1. The Morgan fingerprint density at radius 1 is 0.257 bits per heavy atom. The van der Waals surface area contributed by atoms with Crippen LogP contribution in [0.15, 0.2) is 0 Å². The van der Waals surface area contributed by atoms with Crippen molar-refractivity contribution in [2.45, 2.75) is 500 Å². The highest BCUT2D eigenvalue weighted by atomic mass is 31.2. The largest absolute Gasteiger partial charge is 0.799 e. The van der Waals surface area contributed by atoms with Gasteiger partial charge in [0.1, 0.15) is 0 Å². The maximum atomic E-state index is 12.3. The van der Waals surface area contributed by atoms with Gasteiger partial charge in [0.25, 0.3) is 0 Å². The molecule has 0 aliphatic carbocycles. The highest BCUT2D eigenvalue weighted by molar-refractivity contribution is 7.76. The van der Waals surface area contributed by atoms with Gasteiger partial charge in [-0.2, -0.15) is 10.5 Å². The lowest BCUT2D eigenvalue weighted by Gasteiger charge is -2.33. The molecule has 0 saturated heterocycles. The number of hydrogen-bond donors (Lipinski definition) is 1. The first-order valence-corrected chi connectivity index (χ1v) is 57.2. The Balaban J connectivity index is -0.000000444. The van der Waals surface area contributed by atoms with Gasteiger partial charge in [-0.25, -0.2) is 5.32 Å². The molecular weight excluding hydrogens is 1410 g/mol. The maximum Gasteiger partial charge on any atom is 0.190 e. The molecule has 0 amide bonds. The molecule has 11 heteroatoms. The molecule has 0 aliphatic heterocycles. The SMILES string of the molecule is CC(CC(C)(C)C)CP(=O)([O-])CC(C)CC(C)(C)C.CC(CC(C)(C)C)CP(=O)([O-])CC(C)CC(C)(C)C.CCCCCCCCCCCCCC[P+](CCCCCC)(CCCCCC)CCCCCC.CCCCCCCCCCCCCC[P+](CCCCCC)(CCCCCC)CCCCCC.N#CNC#N. The molecule has 0 aromatic rings. The average molecular weight is 1610 g/mol. The standard InChI is InChI=1S/2C32H68P.2C16H35O2P.C2HN3/c2*1-5-9-13-17-18-19-20-21-22-23-24-28-32-33(29-25-14-10-6-2,30-26-15-11-7-3)31-27-16-12-8-4;2*1-13(9-15(3,4)5)11-19(17,18)12-14(2)10-16(6,7)8;3-1-5-2-4/h2*5-32H2,1-4H3;2*13-14H,9-12H2,1-8H3,(H,17,18);5H/q2*+1;;;/p-2. The molecule has 0 aliphatic rings. The van der Waals surface area contributed by atoms with Crippen LogP contribution in [0.2, 0.25) is 0 Å². The summed E-state index contributed by atoms with van der Waals surface area (Å²) in [5.74, 6) is 1.02. The van der Waals surface area contributed by atoms with Gasteiger partial charge >= 0.3 is 0 Å². The summed E-state index contributed by atoms with van der Waals surface area (Å²) < 4.78 is 24.5. The van der Waals surface area contributed by atoms with E-state index in [-0.39, 0.29) is 45.3 Å². The Bertz CT molecular complexity index is 1820. The summed E-state index contributed by atoms with van der Waals surface area (Å²) in [5, 5.41) is 16.7. The van der Waals surface area contributed by atoms with Crippen LogP contribution in [0.1, 0.15) is 500 Å². The lowest BCUT2D eigenvalue weighted by Crippen LogP contribution is -2.22. The fraction of sp³-hybridized carbons (Fsp3) is 0.980. The molecule has 656 valence electrons. The Morgan fingerprint density at radius 3 is 0.486 bits per heavy atom. The minimum absolute atomic E-state index is 0.205. The molecule has 0 fully saturated rings. The van der Waals surface area contributed by atoms with Gasteiger partial charge in [-0.3, -0.25) is 0 Å². The zero-order valence-corrected chi connectivity index (χ0v) is 83.0. The monoisotopic (exact) mass is 1610 g/mol. The van der Waals surface area contributed by atoms with Gasteiger partial charge in [0, 0.05) is 29.3 Å². The van der Waals surface area contributed by atoms with Crippen molar-refractivity contribution in [2.75, 3.05) is 73.9 Å². The number of rotatable bonds is 68. The number of hydrogen-bond acceptors (Lipinski definition) is 7. The second-order valence-electron chi connectivity index (χ2n) is 40.8. The van der Waals surface area contributed by atoms with Crippen LogP contribution < -0.4 is 15.1 Å². The fourth-order valence-corrected chi connectivity index (χ4v) is 32.1. The molecule has 4 unspecified atom stereocenters. The minimum atomic E-state index is -3.23. The summed E-state index contributed by atoms with van der Waals surface area (Å²) in [6, 6.07) is 0. The van der Waals surface area contributed by atoms with Crippen molar-refractivity contribution in [3.63, 3.8) is 0 Å². The third kappa shape index (κ3) is 93.4. The lowest BCUT2D eigenvalue weighted by molar-refractivity contribution is -0.177. The number of nitrogens with zero attached hydrogens (tertiary/aromatic N) is 2. The Hall–Kier alpha value is 0.0200. The van der Waals surface area contributed by atoms with Crippen LogP contribution in [0.4, 0.5) is 0 Å². The second-order valence-corrected chi connectivity index (χ2v) is 54.5. The molecule has 0 aromatic carbocycles. The molecular formula is C98H205N3O4P4. The molecule has 0 rings (SSSR count). The zero-order valence-electron chi connectivity index (χ0n) is 79.4. The van der Waals surface area contributed by atoms with Crippen LogP contribution in [0, 0.1) is 68.2 Å². The quantitative estimate of drug-likeness (QED) is 0.0277. The molecule has 0 heterocycles. The van der Waals surface area contributed by atoms with E-state index in [0.717, 1.165) is 25.7 Å². The Labute approximate surface area is 691 Å². The molecule has 109 heavy (non-hydrogen) atoms. The topological polar surface area (TPSA) is 140 Å². The molecule has 7 nitrogen and oxygen atoms in total. The lowest BCUT2D eigenvalue weighted by atomic mass is 9.86. The van der Waals surface area contributed by atoms with E-state index in [9.17, 15) is 18.9 Å². The van der Waals surface area contributed by atoms with Crippen LogP contribution in [0.3, 0.4) is 0 Å². The first-order valence-electron chi connectivity index (χ1n) is 48.1. The molecule has 4 atom stereocenters. The van der Waals surface area contributed by atoms with Crippen molar-refractivity contribution in [1.82, 2.24) is 5.32 Å². The van der Waals surface area contributed by atoms with Crippen molar-refractivity contribution in [2.24, 2.45) is 45.3 Å². The van der Waals surface area contributed by atoms with Crippen molar-refractivity contribution in [3.8, 4) is 12.4 Å². The van der Waals surface area contributed by atoms with Gasteiger partial charge in [0.05, 0.1) is 49.3 Å². The van der Waals surface area contributed by atoms with E-state index in [0.29, 0.717) is 24.6 Å². The Kier molecular flexibility index (Phi) is 82.7. The van der Waals surface area contributed by atoms with Gasteiger partial charge in [-0.15, -0.1) is 0 Å². The maximum absolute atomic E-state index is 12.3. The molecule has 0 radical (unpaired) electrons. The normalized spacial score (nSPS) is 14.3. The summed E-state index contributed by atoms with van der Waals surface area (Å²) in [5.41, 5.74) is 0.819. The predicted molar refractivity (Wildman–Crippen MR) is 502 cm³/mol. The number of nitriles is 2. The van der Waals surface area contributed by atoms with E-state index in [4.69, 9.17) is 10.5 Å². The van der Waals surface area contributed by atoms with Crippen LogP contribution >= 0.6 is 29.3 Å². The predicted octanol–water partition coefficient (Wildman–Crippen LogP) is 34.0. The smallest absolute Gasteiger partial charge is 0.190 e. The van der Waals surface area contributed by atoms with E-state index in [1.165, 1.54) is 269 Å². The van der Waals surface area contributed by atoms with Crippen LogP contribution in [-0.2, 0) is 9.13 Å². The van der Waals surface area contributed by atoms with Crippen molar-refractivity contribution >= 4 is 29.3 Å². The van der Waals surface area contributed by atoms with Crippen molar-refractivity contribution in [3.05, 3.63) is 0 Å². The molecule has 0 spiro atoms. The minimum Gasteiger partial charge on any atom is -0.799 e. The summed E-state index contributed by atoms with van der Waals surface area (Å²) in [7, 11) is -7.85. The third-order valence-electron chi connectivity index (χ3n) is 22.2. The van der Waals surface area contributed by atoms with E-state index in [2.05, 4.69) is 166 Å². The molecule has 0 bridgehead atoms. The summed E-state index contributed by atoms with van der Waals surface area (Å²) in [6.45, 7) is 53.1. The fourth-order valence-electron chi connectivity index (χ4n) is 17.7. The zero-order chi connectivity index (χ0) is 83.7. The summed E-state index contributed by atoms with van der Waals surface area (Å²) in [6.07, 6.45) is 92.3. The van der Waals surface area contributed by atoms with Gasteiger partial charge in [-0.1, -0.05) is 372 Å².